The lowest BCUT2D eigenvalue weighted by Crippen LogP contribution is -2.40. The molecule has 0 aliphatic heterocycles. The molecule has 2 aromatic carbocycles. The van der Waals surface area contributed by atoms with Gasteiger partial charge in [0.15, 0.2) is 0 Å². The Balaban J connectivity index is 1.66. The van der Waals surface area contributed by atoms with E-state index >= 15 is 0 Å². The Kier molecular flexibility index (Phi) is 4.78. The number of nitrogens with zero attached hydrogens (tertiary/aromatic N) is 3. The van der Waals surface area contributed by atoms with Crippen molar-refractivity contribution in [2.45, 2.75) is 6.10 Å². The molecule has 9 heteroatoms. The first-order valence-electron chi connectivity index (χ1n) is 7.66. The molecule has 0 saturated heterocycles. The van der Waals surface area contributed by atoms with Crippen molar-refractivity contribution in [2.75, 3.05) is 6.54 Å². The number of halogens is 1. The number of carboxylic acids is 1. The minimum Gasteiger partial charge on any atom is -0.478 e. The third-order valence-corrected chi connectivity index (χ3v) is 3.69. The van der Waals surface area contributed by atoms with Gasteiger partial charge in [-0.25, -0.2) is 13.9 Å². The number of aliphatic carboxylic acids is 1. The summed E-state index contributed by atoms with van der Waals surface area (Å²) < 4.78 is 19.8. The number of aromatic nitrogens is 3. The average Bonchev–Trinajstić information content (AvgIpc) is 3.00. The van der Waals surface area contributed by atoms with Crippen LogP contribution in [0.3, 0.4) is 0 Å². The Morgan fingerprint density at radius 1 is 1.27 bits per heavy atom. The van der Waals surface area contributed by atoms with Gasteiger partial charge < -0.3 is 15.2 Å². The van der Waals surface area contributed by atoms with E-state index in [0.717, 1.165) is 17.6 Å². The third-order valence-electron chi connectivity index (χ3n) is 3.69. The molecule has 0 fully saturated rings. The Labute approximate surface area is 147 Å². The predicted molar refractivity (Wildman–Crippen MR) is 89.3 cm³/mol. The molecule has 0 aliphatic rings. The van der Waals surface area contributed by atoms with Gasteiger partial charge in [-0.3, -0.25) is 4.79 Å². The van der Waals surface area contributed by atoms with E-state index in [0.29, 0.717) is 11.1 Å². The highest BCUT2D eigenvalue weighted by molar-refractivity contribution is 5.97. The fourth-order valence-corrected chi connectivity index (χ4v) is 2.33. The summed E-state index contributed by atoms with van der Waals surface area (Å²) in [6, 6.07) is 9.80. The quantitative estimate of drug-likeness (QED) is 0.689. The maximum absolute atomic E-state index is 12.9. The second-order valence-electron chi connectivity index (χ2n) is 5.53. The number of rotatable bonds is 6. The number of amides is 1. The van der Waals surface area contributed by atoms with Gasteiger partial charge in [0.05, 0.1) is 12.1 Å². The van der Waals surface area contributed by atoms with Gasteiger partial charge in [0.1, 0.15) is 17.1 Å². The first-order valence-corrected chi connectivity index (χ1v) is 7.66. The monoisotopic (exact) mass is 358 g/mol. The highest BCUT2D eigenvalue weighted by Crippen LogP contribution is 2.14. The standard InChI is InChI=1S/C17H15FN4O4/c1-22-14-7-2-10(8-13(14)20-21-22)16(23)19-9-15(17(24)25)26-12-5-3-11(18)4-6-12/h2-8,15H,9H2,1H3,(H,19,23)(H,24,25). The molecule has 0 spiro atoms. The van der Waals surface area contributed by atoms with Crippen LogP contribution in [0.5, 0.6) is 5.75 Å². The van der Waals surface area contributed by atoms with E-state index in [1.165, 1.54) is 12.1 Å². The number of carbonyl (C=O) groups is 2. The molecule has 1 aromatic heterocycles. The van der Waals surface area contributed by atoms with Gasteiger partial charge in [-0.2, -0.15) is 0 Å². The van der Waals surface area contributed by atoms with Gasteiger partial charge in [0, 0.05) is 12.6 Å². The van der Waals surface area contributed by atoms with E-state index in [1.54, 1.807) is 29.9 Å². The Morgan fingerprint density at radius 3 is 2.69 bits per heavy atom. The molecule has 3 aromatic rings. The molecule has 3 rings (SSSR count). The smallest absolute Gasteiger partial charge is 0.346 e. The van der Waals surface area contributed by atoms with Crippen LogP contribution in [0, 0.1) is 5.82 Å². The second kappa shape index (κ2) is 7.18. The van der Waals surface area contributed by atoms with Crippen molar-refractivity contribution in [1.29, 1.82) is 0 Å². The number of fused-ring (bicyclic) bond motifs is 1. The Bertz CT molecular complexity index is 955. The maximum atomic E-state index is 12.9. The van der Waals surface area contributed by atoms with Crippen molar-refractivity contribution in [2.24, 2.45) is 7.05 Å². The number of hydrogen-bond acceptors (Lipinski definition) is 5. The topological polar surface area (TPSA) is 106 Å². The number of ether oxygens (including phenoxy) is 1. The third kappa shape index (κ3) is 3.77. The van der Waals surface area contributed by atoms with E-state index < -0.39 is 23.8 Å². The number of aryl methyl sites for hydroxylation is 1. The zero-order valence-corrected chi connectivity index (χ0v) is 13.7. The van der Waals surface area contributed by atoms with Crippen LogP contribution >= 0.6 is 0 Å². The van der Waals surface area contributed by atoms with Crippen molar-refractivity contribution < 1.29 is 23.8 Å². The number of benzene rings is 2. The fourth-order valence-electron chi connectivity index (χ4n) is 2.33. The average molecular weight is 358 g/mol. The van der Waals surface area contributed by atoms with E-state index in [9.17, 15) is 19.1 Å². The molecule has 1 unspecified atom stereocenters. The fraction of sp³-hybridized carbons (Fsp3) is 0.176. The summed E-state index contributed by atoms with van der Waals surface area (Å²) in [5.74, 6) is -1.99. The molecule has 0 saturated carbocycles. The van der Waals surface area contributed by atoms with Crippen LogP contribution in [0.2, 0.25) is 0 Å². The largest absolute Gasteiger partial charge is 0.478 e. The van der Waals surface area contributed by atoms with Crippen LogP contribution in [0.25, 0.3) is 11.0 Å². The summed E-state index contributed by atoms with van der Waals surface area (Å²) in [6.07, 6.45) is -1.32. The molecule has 1 atom stereocenters. The molecular weight excluding hydrogens is 343 g/mol. The maximum Gasteiger partial charge on any atom is 0.346 e. The number of carbonyl (C=O) groups excluding carboxylic acids is 1. The van der Waals surface area contributed by atoms with Gasteiger partial charge in [0.25, 0.3) is 5.91 Å². The summed E-state index contributed by atoms with van der Waals surface area (Å²) in [6.45, 7) is -0.260. The number of carboxylic acid groups (broad SMARTS) is 1. The van der Waals surface area contributed by atoms with Gasteiger partial charge in [-0.05, 0) is 42.5 Å². The van der Waals surface area contributed by atoms with Crippen molar-refractivity contribution in [3.8, 4) is 5.75 Å². The van der Waals surface area contributed by atoms with Gasteiger partial charge in [-0.15, -0.1) is 5.10 Å². The minimum atomic E-state index is -1.32. The molecule has 8 nitrogen and oxygen atoms in total. The van der Waals surface area contributed by atoms with Crippen molar-refractivity contribution >= 4 is 22.9 Å². The lowest BCUT2D eigenvalue weighted by Gasteiger charge is -2.16. The molecule has 26 heavy (non-hydrogen) atoms. The summed E-state index contributed by atoms with van der Waals surface area (Å²) in [4.78, 5) is 23.6. The summed E-state index contributed by atoms with van der Waals surface area (Å²) >= 11 is 0. The lowest BCUT2D eigenvalue weighted by atomic mass is 10.2. The summed E-state index contributed by atoms with van der Waals surface area (Å²) in [5, 5.41) is 19.5. The Morgan fingerprint density at radius 2 is 2.00 bits per heavy atom. The Hall–Kier alpha value is -3.49. The molecule has 1 amide bonds. The van der Waals surface area contributed by atoms with Gasteiger partial charge in [0.2, 0.25) is 6.10 Å². The van der Waals surface area contributed by atoms with Crippen LogP contribution in [-0.2, 0) is 11.8 Å². The number of nitrogens with one attached hydrogen (secondary N) is 1. The highest BCUT2D eigenvalue weighted by Gasteiger charge is 2.21. The molecule has 2 N–H and O–H groups in total. The van der Waals surface area contributed by atoms with Crippen LogP contribution in [0.4, 0.5) is 4.39 Å². The predicted octanol–water partition coefficient (Wildman–Crippen LogP) is 1.37. The first-order chi connectivity index (χ1) is 12.4. The van der Waals surface area contributed by atoms with Crippen molar-refractivity contribution in [3.63, 3.8) is 0 Å². The second-order valence-corrected chi connectivity index (χ2v) is 5.53. The van der Waals surface area contributed by atoms with Crippen molar-refractivity contribution in [1.82, 2.24) is 20.3 Å². The van der Waals surface area contributed by atoms with E-state index in [2.05, 4.69) is 15.6 Å². The van der Waals surface area contributed by atoms with Crippen LogP contribution in [0.1, 0.15) is 10.4 Å². The lowest BCUT2D eigenvalue weighted by molar-refractivity contribution is -0.144. The van der Waals surface area contributed by atoms with E-state index in [-0.39, 0.29) is 12.3 Å². The molecule has 0 bridgehead atoms. The zero-order chi connectivity index (χ0) is 18.7. The normalized spacial score (nSPS) is 11.9. The van der Waals surface area contributed by atoms with E-state index in [1.807, 2.05) is 0 Å². The zero-order valence-electron chi connectivity index (χ0n) is 13.7. The molecule has 0 aliphatic carbocycles. The SMILES string of the molecule is Cn1nnc2cc(C(=O)NCC(Oc3ccc(F)cc3)C(=O)O)ccc21. The number of hydrogen-bond donors (Lipinski definition) is 2. The first kappa shape index (κ1) is 17.3. The summed E-state index contributed by atoms with van der Waals surface area (Å²) in [5.41, 5.74) is 1.64. The summed E-state index contributed by atoms with van der Waals surface area (Å²) in [7, 11) is 1.74. The molecule has 0 radical (unpaired) electrons. The molecule has 134 valence electrons. The van der Waals surface area contributed by atoms with Gasteiger partial charge in [-0.1, -0.05) is 5.21 Å². The minimum absolute atomic E-state index is 0.189. The van der Waals surface area contributed by atoms with Crippen molar-refractivity contribution in [3.05, 3.63) is 53.8 Å². The molecular formula is C17H15FN4O4. The van der Waals surface area contributed by atoms with Crippen LogP contribution < -0.4 is 10.1 Å². The van der Waals surface area contributed by atoms with Crippen LogP contribution in [0.15, 0.2) is 42.5 Å². The van der Waals surface area contributed by atoms with Gasteiger partial charge >= 0.3 is 5.97 Å². The van der Waals surface area contributed by atoms with Crippen LogP contribution in [-0.4, -0.2) is 44.6 Å². The highest BCUT2D eigenvalue weighted by atomic mass is 19.1. The molecule has 1 heterocycles. The van der Waals surface area contributed by atoms with E-state index in [4.69, 9.17) is 4.74 Å².